The van der Waals surface area contributed by atoms with Gasteiger partial charge in [-0.25, -0.2) is 4.79 Å². The summed E-state index contributed by atoms with van der Waals surface area (Å²) < 4.78 is 0. The van der Waals surface area contributed by atoms with Gasteiger partial charge in [0.1, 0.15) is 0 Å². The third-order valence-corrected chi connectivity index (χ3v) is 0.672. The highest BCUT2D eigenvalue weighted by Gasteiger charge is 2.07. The number of aliphatic carboxylic acids is 1. The molecular weight excluding hydrogens is 132 g/mol. The molecule has 0 aromatic rings. The van der Waals surface area contributed by atoms with Crippen LogP contribution in [0.15, 0.2) is 0 Å². The first-order chi connectivity index (χ1) is 4.59. The number of rotatable bonds is 2. The van der Waals surface area contributed by atoms with Crippen LogP contribution in [0.2, 0.25) is 0 Å². The summed E-state index contributed by atoms with van der Waals surface area (Å²) >= 11 is 0. The van der Waals surface area contributed by atoms with Crippen LogP contribution in [0.5, 0.6) is 0 Å². The van der Waals surface area contributed by atoms with Crippen molar-refractivity contribution in [3.63, 3.8) is 0 Å². The maximum atomic E-state index is 9.68. The van der Waals surface area contributed by atoms with E-state index in [1.54, 1.807) is 6.92 Å². The minimum Gasteiger partial charge on any atom is -0.479 e. The molecule has 0 aromatic carbocycles. The van der Waals surface area contributed by atoms with Crippen LogP contribution >= 0.6 is 0 Å². The van der Waals surface area contributed by atoms with E-state index in [0.29, 0.717) is 0 Å². The lowest BCUT2D eigenvalue weighted by molar-refractivity contribution is -0.146. The monoisotopic (exact) mass is 148 g/mol. The zero-order chi connectivity index (χ0) is 8.57. The van der Waals surface area contributed by atoms with E-state index in [1.807, 2.05) is 0 Å². The predicted molar refractivity (Wildman–Crippen MR) is 39.9 cm³/mol. The third kappa shape index (κ3) is 10.4. The summed E-state index contributed by atoms with van der Waals surface area (Å²) in [6, 6.07) is 0. The summed E-state index contributed by atoms with van der Waals surface area (Å²) in [6.45, 7) is 5.86. The van der Waals surface area contributed by atoms with Crippen molar-refractivity contribution >= 4 is 5.97 Å². The van der Waals surface area contributed by atoms with Crippen LogP contribution in [0.25, 0.3) is 0 Å². The first-order valence-corrected chi connectivity index (χ1v) is 3.50. The summed E-state index contributed by atoms with van der Waals surface area (Å²) in [5.74, 6) is -1.15. The van der Waals surface area contributed by atoms with Gasteiger partial charge in [-0.1, -0.05) is 27.2 Å². The summed E-state index contributed by atoms with van der Waals surface area (Å²) in [7, 11) is 0. The van der Waals surface area contributed by atoms with E-state index in [4.69, 9.17) is 10.2 Å². The van der Waals surface area contributed by atoms with Gasteiger partial charge in [0.2, 0.25) is 0 Å². The van der Waals surface area contributed by atoms with Gasteiger partial charge in [0.05, 0.1) is 0 Å². The van der Waals surface area contributed by atoms with Gasteiger partial charge in [-0.2, -0.15) is 0 Å². The van der Waals surface area contributed by atoms with Crippen molar-refractivity contribution in [1.29, 1.82) is 0 Å². The Labute approximate surface area is 61.7 Å². The molecule has 0 spiro atoms. The largest absolute Gasteiger partial charge is 0.479 e. The molecule has 0 bridgehead atoms. The van der Waals surface area contributed by atoms with Gasteiger partial charge in [-0.3, -0.25) is 0 Å². The van der Waals surface area contributed by atoms with Crippen LogP contribution in [-0.4, -0.2) is 22.3 Å². The van der Waals surface area contributed by atoms with Gasteiger partial charge in [-0.05, 0) is 6.42 Å². The quantitative estimate of drug-likeness (QED) is 0.619. The van der Waals surface area contributed by atoms with Crippen molar-refractivity contribution in [2.75, 3.05) is 0 Å². The summed E-state index contributed by atoms with van der Waals surface area (Å²) in [4.78, 5) is 9.68. The number of hydrogen-bond donors (Lipinski definition) is 2. The van der Waals surface area contributed by atoms with Crippen molar-refractivity contribution in [2.24, 2.45) is 0 Å². The first kappa shape index (κ1) is 12.1. The van der Waals surface area contributed by atoms with Gasteiger partial charge in [0.25, 0.3) is 0 Å². The number of aliphatic hydroxyl groups excluding tert-OH is 1. The van der Waals surface area contributed by atoms with Crippen molar-refractivity contribution in [1.82, 2.24) is 0 Å². The number of aliphatic hydroxyl groups is 1. The Morgan fingerprint density at radius 1 is 1.40 bits per heavy atom. The van der Waals surface area contributed by atoms with Crippen LogP contribution in [-0.2, 0) is 4.79 Å². The molecule has 0 saturated heterocycles. The van der Waals surface area contributed by atoms with Gasteiger partial charge in [0, 0.05) is 0 Å². The zero-order valence-corrected chi connectivity index (χ0v) is 6.79. The smallest absolute Gasteiger partial charge is 0.332 e. The maximum Gasteiger partial charge on any atom is 0.332 e. The standard InChI is InChI=1S/C4H8O3.C3H8/c1-2-3(5)4(6)7;1-3-2/h3,5H,2H2,1H3,(H,6,7);3H2,1-2H3. The lowest BCUT2D eigenvalue weighted by Gasteiger charge is -1.95. The molecule has 0 heterocycles. The third-order valence-electron chi connectivity index (χ3n) is 0.672. The molecule has 0 aliphatic rings. The molecule has 1 unspecified atom stereocenters. The fourth-order valence-corrected chi connectivity index (χ4v) is 0.175. The van der Waals surface area contributed by atoms with Crippen molar-refractivity contribution in [2.45, 2.75) is 39.7 Å². The van der Waals surface area contributed by atoms with Crippen LogP contribution in [0.1, 0.15) is 33.6 Å². The molecule has 62 valence electrons. The Kier molecular flexibility index (Phi) is 10.2. The Balaban J connectivity index is 0. The van der Waals surface area contributed by atoms with E-state index in [2.05, 4.69) is 13.8 Å². The average molecular weight is 148 g/mol. The van der Waals surface area contributed by atoms with Crippen molar-refractivity contribution < 1.29 is 15.0 Å². The number of carboxylic acids is 1. The molecule has 0 radical (unpaired) electrons. The molecule has 3 nitrogen and oxygen atoms in total. The Morgan fingerprint density at radius 2 is 1.70 bits per heavy atom. The van der Waals surface area contributed by atoms with Gasteiger partial charge < -0.3 is 10.2 Å². The van der Waals surface area contributed by atoms with Crippen LogP contribution in [0.4, 0.5) is 0 Å². The van der Waals surface area contributed by atoms with Crippen LogP contribution in [0, 0.1) is 0 Å². The fraction of sp³-hybridized carbons (Fsp3) is 0.857. The van der Waals surface area contributed by atoms with Gasteiger partial charge >= 0.3 is 5.97 Å². The Hall–Kier alpha value is -0.570. The second kappa shape index (κ2) is 8.43. The number of hydrogen-bond acceptors (Lipinski definition) is 2. The van der Waals surface area contributed by atoms with Crippen molar-refractivity contribution in [3.8, 4) is 0 Å². The molecule has 0 aliphatic carbocycles. The van der Waals surface area contributed by atoms with Crippen LogP contribution in [0.3, 0.4) is 0 Å². The molecule has 0 aromatic heterocycles. The highest BCUT2D eigenvalue weighted by Crippen LogP contribution is 1.86. The highest BCUT2D eigenvalue weighted by molar-refractivity contribution is 5.71. The van der Waals surface area contributed by atoms with E-state index < -0.39 is 12.1 Å². The number of carbonyl (C=O) groups is 1. The Bertz CT molecular complexity index is 80.9. The molecule has 2 N–H and O–H groups in total. The fourth-order valence-electron chi connectivity index (χ4n) is 0.175. The zero-order valence-electron chi connectivity index (χ0n) is 6.79. The number of carboxylic acid groups (broad SMARTS) is 1. The lowest BCUT2D eigenvalue weighted by Crippen LogP contribution is -2.17. The summed E-state index contributed by atoms with van der Waals surface area (Å²) in [5, 5.41) is 16.3. The minimum atomic E-state index is -1.18. The molecule has 0 rings (SSSR count). The molecule has 0 aliphatic heterocycles. The summed E-state index contributed by atoms with van der Waals surface area (Å²) in [5.41, 5.74) is 0. The lowest BCUT2D eigenvalue weighted by atomic mass is 10.3. The van der Waals surface area contributed by atoms with Crippen LogP contribution < -0.4 is 0 Å². The van der Waals surface area contributed by atoms with E-state index in [9.17, 15) is 4.79 Å². The predicted octanol–water partition coefficient (Wildman–Crippen LogP) is 1.26. The van der Waals surface area contributed by atoms with Gasteiger partial charge in [0.15, 0.2) is 6.10 Å². The van der Waals surface area contributed by atoms with Gasteiger partial charge in [-0.15, -0.1) is 0 Å². The molecule has 1 atom stereocenters. The Morgan fingerprint density at radius 3 is 1.70 bits per heavy atom. The first-order valence-electron chi connectivity index (χ1n) is 3.50. The van der Waals surface area contributed by atoms with Crippen molar-refractivity contribution in [3.05, 3.63) is 0 Å². The second-order valence-electron chi connectivity index (χ2n) is 1.97. The van der Waals surface area contributed by atoms with E-state index in [0.717, 1.165) is 0 Å². The molecule has 10 heavy (non-hydrogen) atoms. The SMILES string of the molecule is CCC.CCC(O)C(=O)O. The average Bonchev–Trinajstić information content (AvgIpc) is 1.88. The molecule has 3 heteroatoms. The molecule has 0 amide bonds. The van der Waals surface area contributed by atoms with E-state index in [1.165, 1.54) is 6.42 Å². The van der Waals surface area contributed by atoms with E-state index >= 15 is 0 Å². The highest BCUT2D eigenvalue weighted by atomic mass is 16.4. The topological polar surface area (TPSA) is 57.5 Å². The van der Waals surface area contributed by atoms with E-state index in [-0.39, 0.29) is 6.42 Å². The maximum absolute atomic E-state index is 9.68. The molecule has 0 fully saturated rings. The minimum absolute atomic E-state index is 0.273. The second-order valence-corrected chi connectivity index (χ2v) is 1.97. The molecular formula is C7H16O3. The normalized spacial score (nSPS) is 11.2. The summed E-state index contributed by atoms with van der Waals surface area (Å²) in [6.07, 6.45) is 0.343. The molecule has 0 saturated carbocycles.